The fraction of sp³-hybridized carbons (Fsp3) is 0.0588. The molecule has 21 heavy (non-hydrogen) atoms. The Balaban J connectivity index is 2.08. The minimum absolute atomic E-state index is 0.229. The maximum absolute atomic E-state index is 13.0. The topological polar surface area (TPSA) is 43.1 Å². The number of ketones is 1. The van der Waals surface area contributed by atoms with Crippen LogP contribution in [0, 0.1) is 12.7 Å². The van der Waals surface area contributed by atoms with Gasteiger partial charge in [0, 0.05) is 11.1 Å². The largest absolute Gasteiger partial charge is 0.360 e. The van der Waals surface area contributed by atoms with Crippen molar-refractivity contribution in [3.63, 3.8) is 0 Å². The minimum atomic E-state index is -0.378. The molecule has 2 aromatic carbocycles. The van der Waals surface area contributed by atoms with E-state index >= 15 is 0 Å². The van der Waals surface area contributed by atoms with E-state index in [1.165, 1.54) is 24.3 Å². The SMILES string of the molecule is Cc1onc(-c2ccccc2)c1C(=O)c1ccc(F)cc1. The van der Waals surface area contributed by atoms with Gasteiger partial charge in [0.05, 0.1) is 5.56 Å². The first-order chi connectivity index (χ1) is 10.2. The number of halogens is 1. The van der Waals surface area contributed by atoms with E-state index in [9.17, 15) is 9.18 Å². The Morgan fingerprint density at radius 3 is 2.38 bits per heavy atom. The van der Waals surface area contributed by atoms with Crippen LogP contribution in [0.5, 0.6) is 0 Å². The molecule has 104 valence electrons. The average Bonchev–Trinajstić information content (AvgIpc) is 2.90. The van der Waals surface area contributed by atoms with Crippen LogP contribution in [0.25, 0.3) is 11.3 Å². The number of aromatic nitrogens is 1. The highest BCUT2D eigenvalue weighted by atomic mass is 19.1. The summed E-state index contributed by atoms with van der Waals surface area (Å²) in [6.45, 7) is 1.69. The van der Waals surface area contributed by atoms with Crippen LogP contribution in [-0.2, 0) is 0 Å². The van der Waals surface area contributed by atoms with Gasteiger partial charge in [0.2, 0.25) is 0 Å². The third-order valence-electron chi connectivity index (χ3n) is 3.24. The fourth-order valence-corrected chi connectivity index (χ4v) is 2.18. The number of hydrogen-bond acceptors (Lipinski definition) is 3. The molecule has 0 bridgehead atoms. The van der Waals surface area contributed by atoms with Crippen LogP contribution in [0.3, 0.4) is 0 Å². The lowest BCUT2D eigenvalue weighted by molar-refractivity contribution is 0.103. The van der Waals surface area contributed by atoms with Gasteiger partial charge in [-0.3, -0.25) is 4.79 Å². The standard InChI is InChI=1S/C17H12FNO2/c1-11-15(17(20)13-7-9-14(18)10-8-13)16(19-21-11)12-5-3-2-4-6-12/h2-10H,1H3. The van der Waals surface area contributed by atoms with Gasteiger partial charge in [-0.25, -0.2) is 4.39 Å². The van der Waals surface area contributed by atoms with E-state index in [4.69, 9.17) is 4.52 Å². The molecule has 0 aliphatic carbocycles. The summed E-state index contributed by atoms with van der Waals surface area (Å²) in [4.78, 5) is 12.6. The van der Waals surface area contributed by atoms with E-state index < -0.39 is 0 Å². The summed E-state index contributed by atoms with van der Waals surface area (Å²) in [6.07, 6.45) is 0. The van der Waals surface area contributed by atoms with E-state index in [1.807, 2.05) is 30.3 Å². The molecule has 0 aliphatic rings. The third kappa shape index (κ3) is 2.48. The van der Waals surface area contributed by atoms with E-state index in [-0.39, 0.29) is 11.6 Å². The summed E-state index contributed by atoms with van der Waals surface area (Å²) in [5.41, 5.74) is 2.12. The maximum Gasteiger partial charge on any atom is 0.198 e. The van der Waals surface area contributed by atoms with Gasteiger partial charge in [0.25, 0.3) is 0 Å². The molecular formula is C17H12FNO2. The second-order valence-corrected chi connectivity index (χ2v) is 4.66. The molecule has 1 aromatic heterocycles. The molecule has 0 saturated carbocycles. The lowest BCUT2D eigenvalue weighted by atomic mass is 9.98. The van der Waals surface area contributed by atoms with Crippen molar-refractivity contribution < 1.29 is 13.7 Å². The molecule has 3 aromatic rings. The molecule has 0 radical (unpaired) electrons. The van der Waals surface area contributed by atoms with Crippen molar-refractivity contribution in [1.29, 1.82) is 0 Å². The highest BCUT2D eigenvalue weighted by Crippen LogP contribution is 2.27. The van der Waals surface area contributed by atoms with Crippen LogP contribution in [0.15, 0.2) is 59.1 Å². The molecule has 0 spiro atoms. The zero-order valence-electron chi connectivity index (χ0n) is 11.3. The number of carbonyl (C=O) groups excluding carboxylic acids is 1. The number of benzene rings is 2. The van der Waals surface area contributed by atoms with Crippen molar-refractivity contribution in [2.75, 3.05) is 0 Å². The van der Waals surface area contributed by atoms with Gasteiger partial charge in [-0.05, 0) is 31.2 Å². The van der Waals surface area contributed by atoms with Gasteiger partial charge >= 0.3 is 0 Å². The van der Waals surface area contributed by atoms with Crippen molar-refractivity contribution in [2.24, 2.45) is 0 Å². The van der Waals surface area contributed by atoms with Gasteiger partial charge in [0.15, 0.2) is 5.78 Å². The predicted molar refractivity (Wildman–Crippen MR) is 76.5 cm³/mol. The van der Waals surface area contributed by atoms with Gasteiger partial charge in [-0.1, -0.05) is 35.5 Å². The summed E-state index contributed by atoms with van der Waals surface area (Å²) in [6, 6.07) is 14.8. The van der Waals surface area contributed by atoms with E-state index in [0.717, 1.165) is 5.56 Å². The van der Waals surface area contributed by atoms with E-state index in [0.29, 0.717) is 22.6 Å². The normalized spacial score (nSPS) is 10.6. The van der Waals surface area contributed by atoms with Crippen molar-refractivity contribution in [3.8, 4) is 11.3 Å². The Morgan fingerprint density at radius 1 is 1.05 bits per heavy atom. The smallest absolute Gasteiger partial charge is 0.198 e. The van der Waals surface area contributed by atoms with Gasteiger partial charge in [-0.2, -0.15) is 0 Å². The number of hydrogen-bond donors (Lipinski definition) is 0. The zero-order valence-corrected chi connectivity index (χ0v) is 11.3. The van der Waals surface area contributed by atoms with Crippen molar-refractivity contribution in [2.45, 2.75) is 6.92 Å². The molecule has 4 heteroatoms. The summed E-state index contributed by atoms with van der Waals surface area (Å²) < 4.78 is 18.1. The van der Waals surface area contributed by atoms with Crippen LogP contribution >= 0.6 is 0 Å². The van der Waals surface area contributed by atoms with Gasteiger partial charge in [0.1, 0.15) is 17.3 Å². The molecular weight excluding hydrogens is 269 g/mol. The second kappa shape index (κ2) is 5.32. The van der Waals surface area contributed by atoms with Crippen LogP contribution in [0.1, 0.15) is 21.7 Å². The molecule has 1 heterocycles. The first-order valence-electron chi connectivity index (χ1n) is 6.49. The Bertz CT molecular complexity index is 776. The molecule has 0 unspecified atom stereocenters. The fourth-order valence-electron chi connectivity index (χ4n) is 2.18. The predicted octanol–water partition coefficient (Wildman–Crippen LogP) is 4.02. The molecule has 3 rings (SSSR count). The Labute approximate surface area is 121 Å². The first-order valence-corrected chi connectivity index (χ1v) is 6.49. The highest BCUT2D eigenvalue weighted by molar-refractivity contribution is 6.12. The Hall–Kier alpha value is -2.75. The molecule has 0 saturated heterocycles. The summed E-state index contributed by atoms with van der Waals surface area (Å²) in [5, 5.41) is 3.98. The average molecular weight is 281 g/mol. The van der Waals surface area contributed by atoms with Crippen molar-refractivity contribution in [1.82, 2.24) is 5.16 Å². The van der Waals surface area contributed by atoms with Gasteiger partial charge < -0.3 is 4.52 Å². The zero-order chi connectivity index (χ0) is 14.8. The maximum atomic E-state index is 13.0. The van der Waals surface area contributed by atoms with Crippen LogP contribution in [0.4, 0.5) is 4.39 Å². The second-order valence-electron chi connectivity index (χ2n) is 4.66. The number of aryl methyl sites for hydroxylation is 1. The van der Waals surface area contributed by atoms with E-state index in [2.05, 4.69) is 5.16 Å². The van der Waals surface area contributed by atoms with Crippen molar-refractivity contribution >= 4 is 5.78 Å². The van der Waals surface area contributed by atoms with Gasteiger partial charge in [-0.15, -0.1) is 0 Å². The minimum Gasteiger partial charge on any atom is -0.360 e. The van der Waals surface area contributed by atoms with Crippen LogP contribution in [-0.4, -0.2) is 10.9 Å². The lowest BCUT2D eigenvalue weighted by Crippen LogP contribution is -2.03. The quantitative estimate of drug-likeness (QED) is 0.681. The monoisotopic (exact) mass is 281 g/mol. The summed E-state index contributed by atoms with van der Waals surface area (Å²) >= 11 is 0. The first kappa shape index (κ1) is 13.2. The van der Waals surface area contributed by atoms with Crippen molar-refractivity contribution in [3.05, 3.63) is 77.3 Å². The number of carbonyl (C=O) groups is 1. The Kier molecular flexibility index (Phi) is 3.36. The summed E-state index contributed by atoms with van der Waals surface area (Å²) in [7, 11) is 0. The van der Waals surface area contributed by atoms with Crippen LogP contribution in [0.2, 0.25) is 0 Å². The number of nitrogens with zero attached hydrogens (tertiary/aromatic N) is 1. The van der Waals surface area contributed by atoms with Crippen LogP contribution < -0.4 is 0 Å². The molecule has 0 aliphatic heterocycles. The highest BCUT2D eigenvalue weighted by Gasteiger charge is 2.22. The molecule has 0 amide bonds. The Morgan fingerprint density at radius 2 is 1.71 bits per heavy atom. The molecule has 0 atom stereocenters. The molecule has 0 fully saturated rings. The summed E-state index contributed by atoms with van der Waals surface area (Å²) in [5.74, 6) is -0.160. The molecule has 0 N–H and O–H groups in total. The number of rotatable bonds is 3. The third-order valence-corrected chi connectivity index (χ3v) is 3.24. The van der Waals surface area contributed by atoms with E-state index in [1.54, 1.807) is 6.92 Å². The lowest BCUT2D eigenvalue weighted by Gasteiger charge is -2.02. The molecule has 3 nitrogen and oxygen atoms in total.